The number of hydrogen-bond donors (Lipinski definition) is 2. The number of aryl methyl sites for hydroxylation is 1. The summed E-state index contributed by atoms with van der Waals surface area (Å²) >= 11 is 0. The lowest BCUT2D eigenvalue weighted by Crippen LogP contribution is -2.27. The molecule has 0 fully saturated rings. The molecule has 2 aromatic rings. The van der Waals surface area contributed by atoms with Gasteiger partial charge in [-0.15, -0.1) is 0 Å². The van der Waals surface area contributed by atoms with Crippen LogP contribution >= 0.6 is 0 Å². The van der Waals surface area contributed by atoms with Gasteiger partial charge >= 0.3 is 0 Å². The Kier molecular flexibility index (Phi) is 3.69. The zero-order chi connectivity index (χ0) is 14.9. The summed E-state index contributed by atoms with van der Waals surface area (Å²) in [6, 6.07) is 5.21. The van der Waals surface area contributed by atoms with Crippen molar-refractivity contribution >= 4 is 15.7 Å². The van der Waals surface area contributed by atoms with Crippen LogP contribution in [0.15, 0.2) is 35.5 Å². The fourth-order valence-corrected chi connectivity index (χ4v) is 3.49. The highest BCUT2D eigenvalue weighted by Crippen LogP contribution is 2.24. The number of rotatable bonds is 5. The highest BCUT2D eigenvalue weighted by molar-refractivity contribution is 7.89. The number of hydrogen-bond acceptors (Lipinski definition) is 4. The molecule has 0 aliphatic carbocycles. The van der Waals surface area contributed by atoms with Gasteiger partial charge in [-0.2, -0.15) is 5.10 Å². The molecule has 0 unspecified atom stereocenters. The van der Waals surface area contributed by atoms with E-state index in [4.69, 9.17) is 0 Å². The van der Waals surface area contributed by atoms with Crippen molar-refractivity contribution in [3.8, 4) is 0 Å². The van der Waals surface area contributed by atoms with Gasteiger partial charge in [0.2, 0.25) is 10.0 Å². The van der Waals surface area contributed by atoms with Crippen LogP contribution in [0.2, 0.25) is 0 Å². The van der Waals surface area contributed by atoms with Gasteiger partial charge in [-0.05, 0) is 42.7 Å². The minimum Gasteiger partial charge on any atom is -0.384 e. The van der Waals surface area contributed by atoms with Crippen LogP contribution in [0.5, 0.6) is 0 Å². The van der Waals surface area contributed by atoms with Crippen molar-refractivity contribution in [1.82, 2.24) is 14.5 Å². The molecule has 0 atom stereocenters. The second-order valence-corrected chi connectivity index (χ2v) is 6.94. The van der Waals surface area contributed by atoms with Crippen LogP contribution in [0, 0.1) is 6.92 Å². The summed E-state index contributed by atoms with van der Waals surface area (Å²) in [5.74, 6) is 0. The quantitative estimate of drug-likeness (QED) is 0.868. The van der Waals surface area contributed by atoms with E-state index in [-0.39, 0.29) is 0 Å². The van der Waals surface area contributed by atoms with E-state index in [1.54, 1.807) is 23.0 Å². The second-order valence-electron chi connectivity index (χ2n) is 5.17. The maximum Gasteiger partial charge on any atom is 0.240 e. The fourth-order valence-electron chi connectivity index (χ4n) is 2.42. The van der Waals surface area contributed by atoms with Crippen molar-refractivity contribution in [3.63, 3.8) is 0 Å². The SMILES string of the molecule is Cc1cnn(CCNS(=O)(=O)c2ccc3c(c2)CCN3)c1. The van der Waals surface area contributed by atoms with Gasteiger partial charge in [-0.3, -0.25) is 4.68 Å². The third-order valence-electron chi connectivity index (χ3n) is 3.49. The number of fused-ring (bicyclic) bond motifs is 1. The van der Waals surface area contributed by atoms with Gasteiger partial charge in [0.05, 0.1) is 17.6 Å². The number of benzene rings is 1. The van der Waals surface area contributed by atoms with Crippen LogP contribution in [-0.2, 0) is 23.0 Å². The first-order chi connectivity index (χ1) is 10.0. The summed E-state index contributed by atoms with van der Waals surface area (Å²) < 4.78 is 28.9. The summed E-state index contributed by atoms with van der Waals surface area (Å²) in [5, 5.41) is 7.35. The molecule has 1 aliphatic heterocycles. The smallest absolute Gasteiger partial charge is 0.240 e. The van der Waals surface area contributed by atoms with Gasteiger partial charge in [0.15, 0.2) is 0 Å². The summed E-state index contributed by atoms with van der Waals surface area (Å²) in [7, 11) is -3.46. The van der Waals surface area contributed by atoms with Gasteiger partial charge < -0.3 is 5.32 Å². The highest BCUT2D eigenvalue weighted by atomic mass is 32.2. The summed E-state index contributed by atoms with van der Waals surface area (Å²) in [6.07, 6.45) is 4.50. The Labute approximate surface area is 124 Å². The van der Waals surface area contributed by atoms with Crippen molar-refractivity contribution in [2.75, 3.05) is 18.4 Å². The van der Waals surface area contributed by atoms with E-state index in [1.807, 2.05) is 19.2 Å². The predicted molar refractivity (Wildman–Crippen MR) is 80.8 cm³/mol. The maximum atomic E-state index is 12.3. The average Bonchev–Trinajstić information content (AvgIpc) is 3.06. The Morgan fingerprint density at radius 3 is 3.05 bits per heavy atom. The van der Waals surface area contributed by atoms with E-state index in [0.717, 1.165) is 29.8 Å². The first-order valence-electron chi connectivity index (χ1n) is 6.90. The Morgan fingerprint density at radius 2 is 2.29 bits per heavy atom. The second kappa shape index (κ2) is 5.50. The van der Waals surface area contributed by atoms with Gasteiger partial charge in [0.1, 0.15) is 0 Å². The van der Waals surface area contributed by atoms with E-state index in [0.29, 0.717) is 18.0 Å². The minimum atomic E-state index is -3.46. The molecule has 0 saturated carbocycles. The van der Waals surface area contributed by atoms with Crippen molar-refractivity contribution in [1.29, 1.82) is 0 Å². The largest absolute Gasteiger partial charge is 0.384 e. The van der Waals surface area contributed by atoms with Gasteiger partial charge in [0, 0.05) is 25.0 Å². The number of sulfonamides is 1. The molecule has 6 nitrogen and oxygen atoms in total. The van der Waals surface area contributed by atoms with Crippen LogP contribution in [0.3, 0.4) is 0 Å². The fraction of sp³-hybridized carbons (Fsp3) is 0.357. The van der Waals surface area contributed by atoms with Gasteiger partial charge in [-0.25, -0.2) is 13.1 Å². The van der Waals surface area contributed by atoms with Crippen LogP contribution in [0.25, 0.3) is 0 Å². The molecule has 2 heterocycles. The van der Waals surface area contributed by atoms with Crippen LogP contribution in [0.4, 0.5) is 5.69 Å². The normalized spacial score (nSPS) is 14.0. The van der Waals surface area contributed by atoms with E-state index < -0.39 is 10.0 Å². The molecule has 0 bridgehead atoms. The lowest BCUT2D eigenvalue weighted by molar-refractivity contribution is 0.560. The molecule has 2 N–H and O–H groups in total. The Hall–Kier alpha value is -1.86. The van der Waals surface area contributed by atoms with E-state index in [9.17, 15) is 8.42 Å². The molecular weight excluding hydrogens is 288 g/mol. The summed E-state index contributed by atoms with van der Waals surface area (Å²) in [5.41, 5.74) is 3.14. The molecule has 3 rings (SSSR count). The Bertz CT molecular complexity index is 752. The highest BCUT2D eigenvalue weighted by Gasteiger charge is 2.17. The van der Waals surface area contributed by atoms with Crippen molar-refractivity contribution < 1.29 is 8.42 Å². The van der Waals surface area contributed by atoms with Crippen molar-refractivity contribution in [3.05, 3.63) is 41.7 Å². The zero-order valence-corrected chi connectivity index (χ0v) is 12.7. The standard InChI is InChI=1S/C14H18N4O2S/c1-11-9-16-18(10-11)7-6-17-21(19,20)13-2-3-14-12(8-13)4-5-15-14/h2-3,8-10,15,17H,4-7H2,1H3. The predicted octanol–water partition coefficient (Wildman–Crippen LogP) is 1.14. The van der Waals surface area contributed by atoms with E-state index in [1.165, 1.54) is 0 Å². The summed E-state index contributed by atoms with van der Waals surface area (Å²) in [4.78, 5) is 0.321. The van der Waals surface area contributed by atoms with E-state index >= 15 is 0 Å². The number of nitrogens with one attached hydrogen (secondary N) is 2. The average molecular weight is 306 g/mol. The van der Waals surface area contributed by atoms with Crippen molar-refractivity contribution in [2.45, 2.75) is 24.8 Å². The number of aromatic nitrogens is 2. The van der Waals surface area contributed by atoms with Crippen LogP contribution in [0.1, 0.15) is 11.1 Å². The molecule has 0 amide bonds. The molecular formula is C14H18N4O2S. The van der Waals surface area contributed by atoms with Gasteiger partial charge in [-0.1, -0.05) is 0 Å². The Morgan fingerprint density at radius 1 is 1.43 bits per heavy atom. The molecule has 1 aromatic heterocycles. The topological polar surface area (TPSA) is 76.0 Å². The Balaban J connectivity index is 1.66. The van der Waals surface area contributed by atoms with Crippen molar-refractivity contribution in [2.24, 2.45) is 0 Å². The van der Waals surface area contributed by atoms with Crippen LogP contribution in [-0.4, -0.2) is 31.3 Å². The lowest BCUT2D eigenvalue weighted by Gasteiger charge is -2.08. The molecule has 0 saturated heterocycles. The molecule has 0 spiro atoms. The molecule has 0 radical (unpaired) electrons. The molecule has 1 aromatic carbocycles. The van der Waals surface area contributed by atoms with Crippen LogP contribution < -0.4 is 10.0 Å². The summed E-state index contributed by atoms with van der Waals surface area (Å²) in [6.45, 7) is 3.65. The monoisotopic (exact) mass is 306 g/mol. The molecule has 112 valence electrons. The molecule has 21 heavy (non-hydrogen) atoms. The van der Waals surface area contributed by atoms with E-state index in [2.05, 4.69) is 15.1 Å². The zero-order valence-electron chi connectivity index (χ0n) is 11.8. The number of nitrogens with zero attached hydrogens (tertiary/aromatic N) is 2. The van der Waals surface area contributed by atoms with Gasteiger partial charge in [0.25, 0.3) is 0 Å². The molecule has 7 heteroatoms. The minimum absolute atomic E-state index is 0.318. The third kappa shape index (κ3) is 3.08. The maximum absolute atomic E-state index is 12.3. The third-order valence-corrected chi connectivity index (χ3v) is 4.95. The lowest BCUT2D eigenvalue weighted by atomic mass is 10.2. The first-order valence-corrected chi connectivity index (χ1v) is 8.38. The first kappa shape index (κ1) is 14.1. The molecule has 1 aliphatic rings. The number of anilines is 1.